The molecule has 0 spiro atoms. The van der Waals surface area contributed by atoms with E-state index in [-0.39, 0.29) is 0 Å². The molecule has 7 nitrogen and oxygen atoms in total. The molecule has 0 amide bonds. The topological polar surface area (TPSA) is 80.3 Å². The van der Waals surface area contributed by atoms with Crippen molar-refractivity contribution in [2.24, 2.45) is 4.99 Å². The Hall–Kier alpha value is -2.31. The van der Waals surface area contributed by atoms with Gasteiger partial charge in [0, 0.05) is 38.3 Å². The summed E-state index contributed by atoms with van der Waals surface area (Å²) in [6.45, 7) is 2.42. The summed E-state index contributed by atoms with van der Waals surface area (Å²) in [4.78, 5) is 4.71. The zero-order valence-corrected chi connectivity index (χ0v) is 14.0. The molecular formula is C17H26N6O. The Morgan fingerprint density at radius 1 is 1.38 bits per heavy atom. The molecule has 0 radical (unpaired) electrons. The van der Waals surface area contributed by atoms with Gasteiger partial charge in [-0.1, -0.05) is 18.1 Å². The van der Waals surface area contributed by atoms with Crippen LogP contribution >= 0.6 is 0 Å². The summed E-state index contributed by atoms with van der Waals surface area (Å²) >= 11 is 0. The molecule has 1 fully saturated rings. The van der Waals surface area contributed by atoms with Crippen molar-refractivity contribution in [2.75, 3.05) is 13.1 Å². The van der Waals surface area contributed by atoms with Crippen molar-refractivity contribution in [3.8, 4) is 0 Å². The molecule has 24 heavy (non-hydrogen) atoms. The number of nitrogens with zero attached hydrogens (tertiary/aromatic N) is 4. The minimum Gasteiger partial charge on any atom is -0.469 e. The van der Waals surface area contributed by atoms with Crippen LogP contribution in [0.5, 0.6) is 0 Å². The molecule has 1 saturated carbocycles. The SMILES string of the molecule is c1coc(CCNC(=NCCCn2ccnn2)NC2CCCC2)c1. The third-order valence-corrected chi connectivity index (χ3v) is 4.23. The summed E-state index contributed by atoms with van der Waals surface area (Å²) < 4.78 is 7.21. The van der Waals surface area contributed by atoms with Gasteiger partial charge in [0.1, 0.15) is 5.76 Å². The Morgan fingerprint density at radius 3 is 3.04 bits per heavy atom. The second-order valence-corrected chi connectivity index (χ2v) is 6.13. The molecule has 7 heteroatoms. The maximum Gasteiger partial charge on any atom is 0.191 e. The number of hydrogen-bond donors (Lipinski definition) is 2. The highest BCUT2D eigenvalue weighted by molar-refractivity contribution is 5.80. The number of hydrogen-bond acceptors (Lipinski definition) is 4. The van der Waals surface area contributed by atoms with E-state index in [1.54, 1.807) is 12.5 Å². The molecule has 1 aliphatic carbocycles. The quantitative estimate of drug-likeness (QED) is 0.439. The summed E-state index contributed by atoms with van der Waals surface area (Å²) in [5, 5.41) is 14.8. The van der Waals surface area contributed by atoms with Gasteiger partial charge in [0.25, 0.3) is 0 Å². The van der Waals surface area contributed by atoms with Crippen molar-refractivity contribution < 1.29 is 4.42 Å². The molecule has 2 aromatic rings. The van der Waals surface area contributed by atoms with E-state index in [9.17, 15) is 0 Å². The first kappa shape index (κ1) is 16.5. The lowest BCUT2D eigenvalue weighted by atomic mass is 10.2. The molecule has 0 bridgehead atoms. The summed E-state index contributed by atoms with van der Waals surface area (Å²) in [6.07, 6.45) is 12.2. The highest BCUT2D eigenvalue weighted by Crippen LogP contribution is 2.17. The molecule has 2 aromatic heterocycles. The number of aliphatic imine (C=N–C) groups is 1. The van der Waals surface area contributed by atoms with Crippen LogP contribution in [-0.4, -0.2) is 40.1 Å². The molecule has 3 rings (SSSR count). The van der Waals surface area contributed by atoms with E-state index in [4.69, 9.17) is 9.41 Å². The van der Waals surface area contributed by atoms with E-state index in [1.165, 1.54) is 25.7 Å². The molecule has 0 atom stereocenters. The molecule has 0 aliphatic heterocycles. The van der Waals surface area contributed by atoms with Crippen LogP contribution < -0.4 is 10.6 Å². The summed E-state index contributed by atoms with van der Waals surface area (Å²) in [5.74, 6) is 1.90. The minimum absolute atomic E-state index is 0.551. The second-order valence-electron chi connectivity index (χ2n) is 6.13. The van der Waals surface area contributed by atoms with Crippen LogP contribution in [0.3, 0.4) is 0 Å². The van der Waals surface area contributed by atoms with Gasteiger partial charge in [-0.25, -0.2) is 0 Å². The van der Waals surface area contributed by atoms with Crippen molar-refractivity contribution in [3.63, 3.8) is 0 Å². The fourth-order valence-corrected chi connectivity index (χ4v) is 2.95. The van der Waals surface area contributed by atoms with E-state index in [2.05, 4.69) is 20.9 Å². The molecule has 2 N–H and O–H groups in total. The van der Waals surface area contributed by atoms with Crippen LogP contribution in [-0.2, 0) is 13.0 Å². The molecule has 0 aromatic carbocycles. The number of nitrogens with one attached hydrogen (secondary N) is 2. The zero-order valence-electron chi connectivity index (χ0n) is 14.0. The summed E-state index contributed by atoms with van der Waals surface area (Å²) in [5.41, 5.74) is 0. The van der Waals surface area contributed by atoms with Gasteiger partial charge in [-0.3, -0.25) is 9.67 Å². The molecular weight excluding hydrogens is 304 g/mol. The summed E-state index contributed by atoms with van der Waals surface area (Å²) in [7, 11) is 0. The average molecular weight is 330 g/mol. The van der Waals surface area contributed by atoms with E-state index in [0.29, 0.717) is 6.04 Å². The Balaban J connectivity index is 1.44. The van der Waals surface area contributed by atoms with Gasteiger partial charge < -0.3 is 15.1 Å². The molecule has 0 saturated heterocycles. The fraction of sp³-hybridized carbons (Fsp3) is 0.588. The Labute approximate surface area is 142 Å². The van der Waals surface area contributed by atoms with Crippen molar-refractivity contribution >= 4 is 5.96 Å². The van der Waals surface area contributed by atoms with Gasteiger partial charge in [-0.05, 0) is 31.4 Å². The molecule has 1 aliphatic rings. The maximum atomic E-state index is 5.37. The number of guanidine groups is 1. The smallest absolute Gasteiger partial charge is 0.191 e. The van der Waals surface area contributed by atoms with Crippen molar-refractivity contribution in [2.45, 2.75) is 51.1 Å². The van der Waals surface area contributed by atoms with E-state index in [0.717, 1.165) is 44.2 Å². The normalized spacial score (nSPS) is 15.8. The van der Waals surface area contributed by atoms with Crippen LogP contribution in [0.1, 0.15) is 37.9 Å². The van der Waals surface area contributed by atoms with Crippen LogP contribution in [0.4, 0.5) is 0 Å². The number of furan rings is 1. The lowest BCUT2D eigenvalue weighted by Crippen LogP contribution is -2.43. The second kappa shape index (κ2) is 9.10. The van der Waals surface area contributed by atoms with E-state index < -0.39 is 0 Å². The number of rotatable bonds is 8. The van der Waals surface area contributed by atoms with Crippen LogP contribution in [0.15, 0.2) is 40.2 Å². The maximum absolute atomic E-state index is 5.37. The van der Waals surface area contributed by atoms with Crippen LogP contribution in [0.2, 0.25) is 0 Å². The van der Waals surface area contributed by atoms with Gasteiger partial charge in [-0.15, -0.1) is 5.10 Å². The standard InChI is InChI=1S/C17H26N6O/c1-2-6-15(5-1)21-17(19-10-8-16-7-3-14-24-16)18-9-4-12-23-13-11-20-22-23/h3,7,11,13-15H,1-2,4-6,8-10,12H2,(H2,18,19,21). The fourth-order valence-electron chi connectivity index (χ4n) is 2.95. The van der Waals surface area contributed by atoms with Gasteiger partial charge >= 0.3 is 0 Å². The highest BCUT2D eigenvalue weighted by atomic mass is 16.3. The first-order valence-electron chi connectivity index (χ1n) is 8.81. The van der Waals surface area contributed by atoms with Gasteiger partial charge in [-0.2, -0.15) is 0 Å². The molecule has 2 heterocycles. The Bertz CT molecular complexity index is 587. The number of aromatic nitrogens is 3. The monoisotopic (exact) mass is 330 g/mol. The lowest BCUT2D eigenvalue weighted by Gasteiger charge is -2.17. The molecule has 130 valence electrons. The Kier molecular flexibility index (Phi) is 6.27. The zero-order chi connectivity index (χ0) is 16.5. The van der Waals surface area contributed by atoms with E-state index in [1.807, 2.05) is 23.0 Å². The van der Waals surface area contributed by atoms with Gasteiger partial charge in [0.15, 0.2) is 5.96 Å². The third kappa shape index (κ3) is 5.40. The first-order chi connectivity index (χ1) is 11.9. The van der Waals surface area contributed by atoms with Gasteiger partial charge in [0.2, 0.25) is 0 Å². The highest BCUT2D eigenvalue weighted by Gasteiger charge is 2.15. The minimum atomic E-state index is 0.551. The van der Waals surface area contributed by atoms with Crippen molar-refractivity contribution in [1.29, 1.82) is 0 Å². The molecule has 0 unspecified atom stereocenters. The van der Waals surface area contributed by atoms with E-state index >= 15 is 0 Å². The van der Waals surface area contributed by atoms with Crippen molar-refractivity contribution in [3.05, 3.63) is 36.5 Å². The first-order valence-corrected chi connectivity index (χ1v) is 8.81. The third-order valence-electron chi connectivity index (χ3n) is 4.23. The van der Waals surface area contributed by atoms with Crippen LogP contribution in [0.25, 0.3) is 0 Å². The predicted molar refractivity (Wildman–Crippen MR) is 92.7 cm³/mol. The number of aryl methyl sites for hydroxylation is 1. The average Bonchev–Trinajstić information content (AvgIpc) is 3.34. The summed E-state index contributed by atoms with van der Waals surface area (Å²) in [6, 6.07) is 4.47. The lowest BCUT2D eigenvalue weighted by molar-refractivity contribution is 0.505. The predicted octanol–water partition coefficient (Wildman–Crippen LogP) is 1.98. The van der Waals surface area contributed by atoms with Gasteiger partial charge in [0.05, 0.1) is 12.5 Å². The Morgan fingerprint density at radius 2 is 2.29 bits per heavy atom. The van der Waals surface area contributed by atoms with Crippen molar-refractivity contribution in [1.82, 2.24) is 25.6 Å². The van der Waals surface area contributed by atoms with Crippen LogP contribution in [0, 0.1) is 0 Å². The largest absolute Gasteiger partial charge is 0.469 e.